The summed E-state index contributed by atoms with van der Waals surface area (Å²) in [5.41, 5.74) is 3.88. The van der Waals surface area contributed by atoms with Crippen molar-refractivity contribution in [3.8, 4) is 11.3 Å². The fourth-order valence-electron chi connectivity index (χ4n) is 3.45. The molecule has 1 heterocycles. The fourth-order valence-corrected chi connectivity index (χ4v) is 4.53. The molecule has 0 unspecified atom stereocenters. The number of anilines is 3. The van der Waals surface area contributed by atoms with Crippen molar-refractivity contribution in [1.29, 1.82) is 0 Å². The minimum Gasteiger partial charge on any atom is -0.385 e. The van der Waals surface area contributed by atoms with Gasteiger partial charge in [-0.3, -0.25) is 0 Å². The molecule has 3 aromatic rings. The second kappa shape index (κ2) is 12.3. The molecule has 0 aliphatic heterocycles. The van der Waals surface area contributed by atoms with Crippen LogP contribution < -0.4 is 15.4 Å². The molecule has 194 valence electrons. The molecule has 0 aliphatic carbocycles. The molecular formula is C27H38N6O2S. The largest absolute Gasteiger partial charge is 0.385 e. The average molecular weight is 511 g/mol. The van der Waals surface area contributed by atoms with Gasteiger partial charge in [-0.1, -0.05) is 32.9 Å². The van der Waals surface area contributed by atoms with Crippen LogP contribution in [0, 0.1) is 5.41 Å². The summed E-state index contributed by atoms with van der Waals surface area (Å²) in [5, 5.41) is 6.62. The van der Waals surface area contributed by atoms with Crippen LogP contribution in [0.25, 0.3) is 11.3 Å². The van der Waals surface area contributed by atoms with Crippen molar-refractivity contribution in [2.45, 2.75) is 38.5 Å². The molecule has 0 amide bonds. The lowest BCUT2D eigenvalue weighted by molar-refractivity contribution is 0.390. The summed E-state index contributed by atoms with van der Waals surface area (Å²) in [4.78, 5) is 11.2. The molecule has 1 aromatic heterocycles. The van der Waals surface area contributed by atoms with Gasteiger partial charge in [-0.25, -0.2) is 23.1 Å². The summed E-state index contributed by atoms with van der Waals surface area (Å²) in [6, 6.07) is 16.6. The average Bonchev–Trinajstić information content (AvgIpc) is 2.82. The van der Waals surface area contributed by atoms with Gasteiger partial charge >= 0.3 is 0 Å². The standard InChI is InChI=1S/C27H38N6O2S/c1-27(2,3)16-19-28-22-9-7-21(8-10-22)25-15-18-29-26(32-25)31-23-11-13-24(14-12-23)36(34,35)30-17-6-20-33(4)5/h7-15,18,28,30H,6,16-17,19-20H2,1-5H3,(H,29,31,32). The maximum absolute atomic E-state index is 12.5. The van der Waals surface area contributed by atoms with Crippen LogP contribution in [0.5, 0.6) is 0 Å². The molecule has 0 atom stereocenters. The molecule has 3 rings (SSSR count). The molecule has 0 bridgehead atoms. The van der Waals surface area contributed by atoms with Crippen molar-refractivity contribution >= 4 is 27.3 Å². The van der Waals surface area contributed by atoms with Crippen molar-refractivity contribution in [1.82, 2.24) is 19.6 Å². The summed E-state index contributed by atoms with van der Waals surface area (Å²) in [5.74, 6) is 0.442. The Kier molecular flexibility index (Phi) is 9.42. The molecule has 36 heavy (non-hydrogen) atoms. The van der Waals surface area contributed by atoms with Crippen LogP contribution in [0.2, 0.25) is 0 Å². The second-order valence-electron chi connectivity index (χ2n) is 10.3. The Balaban J connectivity index is 1.60. The van der Waals surface area contributed by atoms with E-state index in [1.54, 1.807) is 30.5 Å². The molecule has 0 saturated heterocycles. The summed E-state index contributed by atoms with van der Waals surface area (Å²) in [7, 11) is 0.382. The van der Waals surface area contributed by atoms with E-state index in [9.17, 15) is 8.42 Å². The van der Waals surface area contributed by atoms with E-state index < -0.39 is 10.0 Å². The van der Waals surface area contributed by atoms with Gasteiger partial charge in [0, 0.05) is 36.2 Å². The van der Waals surface area contributed by atoms with Crippen LogP contribution in [-0.4, -0.2) is 57.0 Å². The van der Waals surface area contributed by atoms with E-state index in [4.69, 9.17) is 0 Å². The highest BCUT2D eigenvalue weighted by Crippen LogP contribution is 2.23. The first-order chi connectivity index (χ1) is 17.0. The number of hydrogen-bond donors (Lipinski definition) is 3. The maximum atomic E-state index is 12.5. The Labute approximate surface area is 215 Å². The lowest BCUT2D eigenvalue weighted by Crippen LogP contribution is -2.27. The van der Waals surface area contributed by atoms with Crippen molar-refractivity contribution in [3.05, 3.63) is 60.8 Å². The zero-order valence-corrected chi connectivity index (χ0v) is 22.7. The van der Waals surface area contributed by atoms with Crippen molar-refractivity contribution in [2.24, 2.45) is 5.41 Å². The summed E-state index contributed by atoms with van der Waals surface area (Å²) in [6.45, 7) is 8.86. The van der Waals surface area contributed by atoms with E-state index in [0.29, 0.717) is 23.6 Å². The van der Waals surface area contributed by atoms with Gasteiger partial charge in [-0.15, -0.1) is 0 Å². The zero-order valence-electron chi connectivity index (χ0n) is 21.9. The molecule has 0 fully saturated rings. The van der Waals surface area contributed by atoms with Crippen LogP contribution in [0.15, 0.2) is 65.7 Å². The molecule has 0 radical (unpaired) electrons. The molecular weight excluding hydrogens is 472 g/mol. The van der Waals surface area contributed by atoms with Gasteiger partial charge in [-0.2, -0.15) is 0 Å². The first kappa shape index (κ1) is 27.6. The molecule has 0 aliphatic rings. The number of aromatic nitrogens is 2. The smallest absolute Gasteiger partial charge is 0.240 e. The van der Waals surface area contributed by atoms with Gasteiger partial charge in [0.05, 0.1) is 10.6 Å². The maximum Gasteiger partial charge on any atom is 0.240 e. The number of sulfonamides is 1. The number of nitrogens with zero attached hydrogens (tertiary/aromatic N) is 3. The number of hydrogen-bond acceptors (Lipinski definition) is 7. The molecule has 2 aromatic carbocycles. The van der Waals surface area contributed by atoms with Crippen molar-refractivity contribution < 1.29 is 8.42 Å². The summed E-state index contributed by atoms with van der Waals surface area (Å²) < 4.78 is 27.6. The van der Waals surface area contributed by atoms with E-state index in [-0.39, 0.29) is 4.90 Å². The van der Waals surface area contributed by atoms with Gasteiger partial charge in [0.2, 0.25) is 16.0 Å². The minimum absolute atomic E-state index is 0.226. The van der Waals surface area contributed by atoms with Gasteiger partial charge in [-0.05, 0) is 81.4 Å². The zero-order chi connectivity index (χ0) is 26.2. The van der Waals surface area contributed by atoms with Crippen LogP contribution in [0.1, 0.15) is 33.6 Å². The van der Waals surface area contributed by atoms with E-state index in [2.05, 4.69) is 58.2 Å². The quantitative estimate of drug-likeness (QED) is 0.296. The third kappa shape index (κ3) is 8.89. The SMILES string of the molecule is CN(C)CCCNS(=O)(=O)c1ccc(Nc2nccc(-c3ccc(NCCC(C)(C)C)cc3)n2)cc1. The predicted molar refractivity (Wildman–Crippen MR) is 148 cm³/mol. The van der Waals surface area contributed by atoms with Gasteiger partial charge < -0.3 is 15.5 Å². The molecule has 0 saturated carbocycles. The van der Waals surface area contributed by atoms with Gasteiger partial charge in [0.25, 0.3) is 0 Å². The Hall–Kier alpha value is -3.01. The lowest BCUT2D eigenvalue weighted by Gasteiger charge is -2.18. The monoisotopic (exact) mass is 510 g/mol. The van der Waals surface area contributed by atoms with E-state index in [1.165, 1.54) is 0 Å². The number of rotatable bonds is 12. The van der Waals surface area contributed by atoms with Gasteiger partial charge in [0.1, 0.15) is 0 Å². The first-order valence-electron chi connectivity index (χ1n) is 12.2. The lowest BCUT2D eigenvalue weighted by atomic mass is 9.92. The molecule has 0 spiro atoms. The van der Waals surface area contributed by atoms with Crippen molar-refractivity contribution in [2.75, 3.05) is 44.4 Å². The number of nitrogens with one attached hydrogen (secondary N) is 3. The Bertz CT molecular complexity index is 1200. The highest BCUT2D eigenvalue weighted by Gasteiger charge is 2.13. The number of benzene rings is 2. The minimum atomic E-state index is -3.54. The fraction of sp³-hybridized carbons (Fsp3) is 0.407. The predicted octanol–water partition coefficient (Wildman–Crippen LogP) is 4.97. The summed E-state index contributed by atoms with van der Waals surface area (Å²) in [6.07, 6.45) is 3.54. The van der Waals surface area contributed by atoms with Crippen LogP contribution >= 0.6 is 0 Å². The second-order valence-corrected chi connectivity index (χ2v) is 12.1. The Morgan fingerprint density at radius 1 is 0.889 bits per heavy atom. The van der Waals surface area contributed by atoms with E-state index >= 15 is 0 Å². The molecule has 8 nitrogen and oxygen atoms in total. The van der Waals surface area contributed by atoms with Gasteiger partial charge in [0.15, 0.2) is 0 Å². The van der Waals surface area contributed by atoms with Crippen LogP contribution in [-0.2, 0) is 10.0 Å². The third-order valence-corrected chi connectivity index (χ3v) is 7.01. The summed E-state index contributed by atoms with van der Waals surface area (Å²) >= 11 is 0. The van der Waals surface area contributed by atoms with Crippen molar-refractivity contribution in [3.63, 3.8) is 0 Å². The molecule has 9 heteroatoms. The third-order valence-electron chi connectivity index (χ3n) is 5.54. The Morgan fingerprint density at radius 3 is 2.19 bits per heavy atom. The van der Waals surface area contributed by atoms with Crippen LogP contribution in [0.3, 0.4) is 0 Å². The topological polar surface area (TPSA) is 99.3 Å². The highest BCUT2D eigenvalue weighted by atomic mass is 32.2. The Morgan fingerprint density at radius 2 is 1.56 bits per heavy atom. The molecule has 3 N–H and O–H groups in total. The normalized spacial score (nSPS) is 12.1. The first-order valence-corrected chi connectivity index (χ1v) is 13.7. The van der Waals surface area contributed by atoms with E-state index in [0.717, 1.165) is 42.9 Å². The van der Waals surface area contributed by atoms with E-state index in [1.807, 2.05) is 37.2 Å². The highest BCUT2D eigenvalue weighted by molar-refractivity contribution is 7.89. The van der Waals surface area contributed by atoms with Crippen LogP contribution in [0.4, 0.5) is 17.3 Å².